The van der Waals surface area contributed by atoms with Crippen LogP contribution in [0.15, 0.2) is 0 Å². The van der Waals surface area contributed by atoms with Gasteiger partial charge < -0.3 is 15.8 Å². The Labute approximate surface area is 91.5 Å². The first-order valence-electron chi connectivity index (χ1n) is 5.84. The van der Waals surface area contributed by atoms with Gasteiger partial charge in [-0.05, 0) is 19.3 Å². The quantitative estimate of drug-likeness (QED) is 0.706. The van der Waals surface area contributed by atoms with Crippen molar-refractivity contribution in [3.8, 4) is 0 Å². The van der Waals surface area contributed by atoms with Gasteiger partial charge in [0.2, 0.25) is 5.91 Å². The lowest BCUT2D eigenvalue weighted by Crippen LogP contribution is -2.44. The molecule has 0 saturated carbocycles. The van der Waals surface area contributed by atoms with Crippen LogP contribution in [0.2, 0.25) is 0 Å². The van der Waals surface area contributed by atoms with E-state index in [1.807, 2.05) is 6.92 Å². The van der Waals surface area contributed by atoms with E-state index in [4.69, 9.17) is 10.5 Å². The number of carbonyl (C=O) groups excluding carboxylic acids is 1. The van der Waals surface area contributed by atoms with Crippen molar-refractivity contribution in [3.63, 3.8) is 0 Å². The van der Waals surface area contributed by atoms with Crippen molar-refractivity contribution < 1.29 is 9.53 Å². The molecular formula is C11H22N2O2. The standard InChI is InChI=1S/C11H22N2O2/c1-3-8(7-12)13-11(14)9-5-6-15-10(9)4-2/h8-10H,3-7,12H2,1-2H3,(H,13,14). The van der Waals surface area contributed by atoms with Crippen LogP contribution in [0.4, 0.5) is 0 Å². The average molecular weight is 214 g/mol. The van der Waals surface area contributed by atoms with Gasteiger partial charge in [-0.3, -0.25) is 4.79 Å². The molecule has 0 radical (unpaired) electrons. The molecule has 0 bridgehead atoms. The molecule has 1 aliphatic heterocycles. The molecule has 4 nitrogen and oxygen atoms in total. The predicted molar refractivity (Wildman–Crippen MR) is 59.4 cm³/mol. The molecule has 15 heavy (non-hydrogen) atoms. The van der Waals surface area contributed by atoms with Crippen LogP contribution in [0.25, 0.3) is 0 Å². The molecule has 88 valence electrons. The van der Waals surface area contributed by atoms with Gasteiger partial charge in [0.1, 0.15) is 0 Å². The summed E-state index contributed by atoms with van der Waals surface area (Å²) < 4.78 is 5.49. The maximum Gasteiger partial charge on any atom is 0.226 e. The summed E-state index contributed by atoms with van der Waals surface area (Å²) in [6.07, 6.45) is 2.72. The van der Waals surface area contributed by atoms with Crippen molar-refractivity contribution in [2.45, 2.75) is 45.3 Å². The van der Waals surface area contributed by atoms with E-state index >= 15 is 0 Å². The summed E-state index contributed by atoms with van der Waals surface area (Å²) in [6.45, 7) is 5.29. The zero-order chi connectivity index (χ0) is 11.3. The Morgan fingerprint density at radius 3 is 2.87 bits per heavy atom. The van der Waals surface area contributed by atoms with Gasteiger partial charge in [0.05, 0.1) is 12.0 Å². The molecule has 4 heteroatoms. The van der Waals surface area contributed by atoms with Gasteiger partial charge in [0.25, 0.3) is 0 Å². The molecule has 3 N–H and O–H groups in total. The highest BCUT2D eigenvalue weighted by molar-refractivity contribution is 5.79. The van der Waals surface area contributed by atoms with E-state index in [0.29, 0.717) is 13.2 Å². The first-order valence-corrected chi connectivity index (χ1v) is 5.84. The monoisotopic (exact) mass is 214 g/mol. The van der Waals surface area contributed by atoms with Gasteiger partial charge in [0, 0.05) is 19.2 Å². The fraction of sp³-hybridized carbons (Fsp3) is 0.909. The summed E-state index contributed by atoms with van der Waals surface area (Å²) >= 11 is 0. The zero-order valence-electron chi connectivity index (χ0n) is 9.66. The third-order valence-electron chi connectivity index (χ3n) is 3.07. The molecule has 3 atom stereocenters. The molecule has 1 rings (SSSR count). The molecule has 1 amide bonds. The highest BCUT2D eigenvalue weighted by atomic mass is 16.5. The molecule has 0 spiro atoms. The summed E-state index contributed by atoms with van der Waals surface area (Å²) in [4.78, 5) is 11.9. The second-order valence-corrected chi connectivity index (χ2v) is 4.06. The van der Waals surface area contributed by atoms with E-state index in [0.717, 1.165) is 19.3 Å². The summed E-state index contributed by atoms with van der Waals surface area (Å²) in [5.41, 5.74) is 5.55. The second kappa shape index (κ2) is 6.08. The van der Waals surface area contributed by atoms with E-state index < -0.39 is 0 Å². The van der Waals surface area contributed by atoms with E-state index in [1.165, 1.54) is 0 Å². The fourth-order valence-corrected chi connectivity index (χ4v) is 1.99. The number of hydrogen-bond acceptors (Lipinski definition) is 3. The highest BCUT2D eigenvalue weighted by Crippen LogP contribution is 2.23. The normalized spacial score (nSPS) is 27.7. The average Bonchev–Trinajstić information content (AvgIpc) is 2.73. The number of rotatable bonds is 5. The first-order chi connectivity index (χ1) is 7.22. The predicted octanol–water partition coefficient (Wildman–Crippen LogP) is 0.655. The third-order valence-corrected chi connectivity index (χ3v) is 3.07. The minimum absolute atomic E-state index is 0.0237. The summed E-state index contributed by atoms with van der Waals surface area (Å²) in [6, 6.07) is 0.107. The van der Waals surface area contributed by atoms with Gasteiger partial charge in [0.15, 0.2) is 0 Å². The van der Waals surface area contributed by atoms with Crippen molar-refractivity contribution in [2.75, 3.05) is 13.2 Å². The largest absolute Gasteiger partial charge is 0.377 e. The number of nitrogens with two attached hydrogens (primary N) is 1. The lowest BCUT2D eigenvalue weighted by atomic mass is 9.98. The summed E-state index contributed by atoms with van der Waals surface area (Å²) in [5.74, 6) is 0.132. The van der Waals surface area contributed by atoms with Gasteiger partial charge in [-0.2, -0.15) is 0 Å². The Bertz CT molecular complexity index is 205. The lowest BCUT2D eigenvalue weighted by Gasteiger charge is -2.20. The van der Waals surface area contributed by atoms with E-state index in [-0.39, 0.29) is 24.0 Å². The molecule has 0 aromatic rings. The van der Waals surface area contributed by atoms with Gasteiger partial charge in [-0.25, -0.2) is 0 Å². The van der Waals surface area contributed by atoms with Crippen LogP contribution in [0.5, 0.6) is 0 Å². The molecule has 1 saturated heterocycles. The maximum absolute atomic E-state index is 11.9. The fourth-order valence-electron chi connectivity index (χ4n) is 1.99. The number of carbonyl (C=O) groups is 1. The Morgan fingerprint density at radius 2 is 2.33 bits per heavy atom. The van der Waals surface area contributed by atoms with E-state index in [9.17, 15) is 4.79 Å². The number of hydrogen-bond donors (Lipinski definition) is 2. The van der Waals surface area contributed by atoms with E-state index in [1.54, 1.807) is 0 Å². The van der Waals surface area contributed by atoms with Gasteiger partial charge in [-0.15, -0.1) is 0 Å². The molecular weight excluding hydrogens is 192 g/mol. The summed E-state index contributed by atoms with van der Waals surface area (Å²) in [5, 5.41) is 2.98. The van der Waals surface area contributed by atoms with Crippen LogP contribution in [0, 0.1) is 5.92 Å². The Hall–Kier alpha value is -0.610. The van der Waals surface area contributed by atoms with Gasteiger partial charge in [-0.1, -0.05) is 13.8 Å². The van der Waals surface area contributed by atoms with Crippen molar-refractivity contribution in [2.24, 2.45) is 11.7 Å². The van der Waals surface area contributed by atoms with Crippen LogP contribution in [0.3, 0.4) is 0 Å². The Morgan fingerprint density at radius 1 is 1.60 bits per heavy atom. The highest BCUT2D eigenvalue weighted by Gasteiger charge is 2.33. The van der Waals surface area contributed by atoms with Crippen molar-refractivity contribution in [1.82, 2.24) is 5.32 Å². The molecule has 0 aliphatic carbocycles. The molecule has 1 heterocycles. The Kier molecular flexibility index (Phi) is 5.05. The molecule has 1 fully saturated rings. The van der Waals surface area contributed by atoms with Crippen molar-refractivity contribution in [1.29, 1.82) is 0 Å². The molecule has 3 unspecified atom stereocenters. The van der Waals surface area contributed by atoms with Crippen molar-refractivity contribution >= 4 is 5.91 Å². The summed E-state index contributed by atoms with van der Waals surface area (Å²) in [7, 11) is 0. The number of ether oxygens (including phenoxy) is 1. The van der Waals surface area contributed by atoms with Crippen molar-refractivity contribution in [3.05, 3.63) is 0 Å². The van der Waals surface area contributed by atoms with Crippen LogP contribution in [0.1, 0.15) is 33.1 Å². The molecule has 0 aromatic carbocycles. The second-order valence-electron chi connectivity index (χ2n) is 4.06. The SMILES string of the molecule is CCC(CN)NC(=O)C1CCOC1CC. The number of nitrogens with one attached hydrogen (secondary N) is 1. The van der Waals surface area contributed by atoms with Crippen LogP contribution < -0.4 is 11.1 Å². The van der Waals surface area contributed by atoms with E-state index in [2.05, 4.69) is 12.2 Å². The van der Waals surface area contributed by atoms with Crippen LogP contribution >= 0.6 is 0 Å². The third kappa shape index (κ3) is 3.18. The zero-order valence-corrected chi connectivity index (χ0v) is 9.66. The lowest BCUT2D eigenvalue weighted by molar-refractivity contribution is -0.127. The Balaban J connectivity index is 2.45. The molecule has 1 aliphatic rings. The molecule has 0 aromatic heterocycles. The number of amides is 1. The first kappa shape index (κ1) is 12.5. The minimum Gasteiger partial charge on any atom is -0.377 e. The van der Waals surface area contributed by atoms with Crippen LogP contribution in [-0.4, -0.2) is 31.2 Å². The maximum atomic E-state index is 11.9. The van der Waals surface area contributed by atoms with Crippen LogP contribution in [-0.2, 0) is 9.53 Å². The minimum atomic E-state index is 0.0237. The van der Waals surface area contributed by atoms with Gasteiger partial charge >= 0.3 is 0 Å². The topological polar surface area (TPSA) is 64.3 Å². The smallest absolute Gasteiger partial charge is 0.226 e.